The van der Waals surface area contributed by atoms with Gasteiger partial charge in [-0.1, -0.05) is 35.9 Å². The average Bonchev–Trinajstić information content (AvgIpc) is 3.13. The van der Waals surface area contributed by atoms with Gasteiger partial charge in [-0.15, -0.1) is 10.2 Å². The number of halogens is 1. The first kappa shape index (κ1) is 19.1. The first-order chi connectivity index (χ1) is 14.1. The molecule has 1 N–H and O–H groups in total. The van der Waals surface area contributed by atoms with Crippen molar-refractivity contribution in [2.75, 3.05) is 18.5 Å². The van der Waals surface area contributed by atoms with Gasteiger partial charge in [0, 0.05) is 6.54 Å². The number of aryl methyl sites for hydroxylation is 1. The quantitative estimate of drug-likeness (QED) is 0.362. The van der Waals surface area contributed by atoms with Gasteiger partial charge >= 0.3 is 5.97 Å². The highest BCUT2D eigenvalue weighted by molar-refractivity contribution is 6.33. The van der Waals surface area contributed by atoms with Gasteiger partial charge in [-0.3, -0.25) is 4.40 Å². The smallest absolute Gasteiger partial charge is 0.339 e. The van der Waals surface area contributed by atoms with E-state index in [1.165, 1.54) is 0 Å². The molecule has 2 heterocycles. The molecule has 0 saturated heterocycles. The number of hydrogen-bond donors (Lipinski definition) is 1. The van der Waals surface area contributed by atoms with Gasteiger partial charge < -0.3 is 10.1 Å². The molecular weight excluding hydrogens is 390 g/mol. The van der Waals surface area contributed by atoms with E-state index in [1.807, 2.05) is 35.6 Å². The molecule has 0 atom stereocenters. The number of esters is 1. The van der Waals surface area contributed by atoms with Gasteiger partial charge in [0.25, 0.3) is 0 Å². The summed E-state index contributed by atoms with van der Waals surface area (Å²) >= 11 is 6.01. The molecule has 7 nitrogen and oxygen atoms in total. The average molecular weight is 410 g/mol. The van der Waals surface area contributed by atoms with Crippen LogP contribution in [0.3, 0.4) is 0 Å². The van der Waals surface area contributed by atoms with Crippen molar-refractivity contribution >= 4 is 40.1 Å². The number of anilines is 1. The third-order valence-electron chi connectivity index (χ3n) is 4.58. The van der Waals surface area contributed by atoms with Crippen LogP contribution in [0.5, 0.6) is 0 Å². The van der Waals surface area contributed by atoms with Gasteiger partial charge in [0.1, 0.15) is 5.82 Å². The van der Waals surface area contributed by atoms with E-state index in [2.05, 4.69) is 20.5 Å². The number of para-hydroxylation sites is 2. The fourth-order valence-corrected chi connectivity index (χ4v) is 3.36. The Labute approximate surface area is 172 Å². The number of fused-ring (bicyclic) bond motifs is 3. The molecule has 0 spiro atoms. The lowest BCUT2D eigenvalue weighted by molar-refractivity contribution is 0.0499. The molecule has 0 amide bonds. The Morgan fingerprint density at radius 1 is 1.10 bits per heavy atom. The number of benzene rings is 2. The third-order valence-corrected chi connectivity index (χ3v) is 4.91. The van der Waals surface area contributed by atoms with E-state index in [0.29, 0.717) is 35.2 Å². The van der Waals surface area contributed by atoms with Crippen molar-refractivity contribution < 1.29 is 9.53 Å². The molecule has 0 saturated carbocycles. The van der Waals surface area contributed by atoms with Crippen LogP contribution in [-0.4, -0.2) is 38.7 Å². The predicted molar refractivity (Wildman–Crippen MR) is 112 cm³/mol. The molecule has 148 valence electrons. The fourth-order valence-electron chi connectivity index (χ4n) is 3.14. The van der Waals surface area contributed by atoms with Crippen LogP contribution in [0, 0.1) is 6.92 Å². The molecule has 0 bridgehead atoms. The summed E-state index contributed by atoms with van der Waals surface area (Å²) in [5.41, 5.74) is 2.93. The van der Waals surface area contributed by atoms with Crippen molar-refractivity contribution in [2.24, 2.45) is 0 Å². The highest BCUT2D eigenvalue weighted by Gasteiger charge is 2.13. The predicted octanol–water partition coefficient (Wildman–Crippen LogP) is 4.29. The molecular formula is C21H20ClN5O2. The summed E-state index contributed by atoms with van der Waals surface area (Å²) < 4.78 is 7.30. The van der Waals surface area contributed by atoms with E-state index in [-0.39, 0.29) is 0 Å². The molecule has 0 aliphatic rings. The second-order valence-electron chi connectivity index (χ2n) is 6.61. The lowest BCUT2D eigenvalue weighted by atomic mass is 10.2. The van der Waals surface area contributed by atoms with E-state index >= 15 is 0 Å². The molecule has 0 aliphatic carbocycles. The molecule has 0 fully saturated rings. The Kier molecular flexibility index (Phi) is 5.57. The Balaban J connectivity index is 1.33. The van der Waals surface area contributed by atoms with Gasteiger partial charge in [0.15, 0.2) is 5.82 Å². The Morgan fingerprint density at radius 3 is 2.76 bits per heavy atom. The molecule has 8 heteroatoms. The number of carbonyl (C=O) groups is 1. The van der Waals surface area contributed by atoms with E-state index < -0.39 is 5.97 Å². The first-order valence-electron chi connectivity index (χ1n) is 9.41. The van der Waals surface area contributed by atoms with Crippen molar-refractivity contribution in [1.82, 2.24) is 19.6 Å². The summed E-state index contributed by atoms with van der Waals surface area (Å²) in [7, 11) is 0. The van der Waals surface area contributed by atoms with Gasteiger partial charge in [-0.05, 0) is 44.0 Å². The maximum absolute atomic E-state index is 12.0. The maximum atomic E-state index is 12.0. The zero-order valence-corrected chi connectivity index (χ0v) is 16.7. The van der Waals surface area contributed by atoms with E-state index in [4.69, 9.17) is 16.3 Å². The molecule has 2 aromatic carbocycles. The van der Waals surface area contributed by atoms with Crippen molar-refractivity contribution in [3.05, 3.63) is 64.9 Å². The van der Waals surface area contributed by atoms with Crippen LogP contribution in [-0.2, 0) is 4.74 Å². The summed E-state index contributed by atoms with van der Waals surface area (Å²) in [5.74, 6) is 1.10. The zero-order chi connectivity index (χ0) is 20.2. The number of hydrogen-bond acceptors (Lipinski definition) is 6. The molecule has 29 heavy (non-hydrogen) atoms. The Hall–Kier alpha value is -3.19. The number of rotatable bonds is 7. The summed E-state index contributed by atoms with van der Waals surface area (Å²) in [4.78, 5) is 16.7. The van der Waals surface area contributed by atoms with Crippen LogP contribution in [0.15, 0.2) is 48.5 Å². The number of ether oxygens (including phenoxy) is 1. The monoisotopic (exact) mass is 409 g/mol. The Bertz CT molecular complexity index is 1170. The summed E-state index contributed by atoms with van der Waals surface area (Å²) in [6.07, 6.45) is 1.53. The van der Waals surface area contributed by atoms with Crippen LogP contribution in [0.25, 0.3) is 16.7 Å². The lowest BCUT2D eigenvalue weighted by Gasteiger charge is -2.10. The van der Waals surface area contributed by atoms with Gasteiger partial charge in [0.2, 0.25) is 5.65 Å². The van der Waals surface area contributed by atoms with Gasteiger partial charge in [-0.2, -0.15) is 0 Å². The second kappa shape index (κ2) is 8.45. The standard InChI is InChI=1S/C21H20ClN5O2/c1-14-25-26-20-19(24-17-10-4-5-11-18(17)27(14)20)23-12-6-7-13-29-21(28)15-8-2-3-9-16(15)22/h2-5,8-11H,6-7,12-13H2,1H3,(H,23,24). The normalized spacial score (nSPS) is 11.1. The molecule has 4 aromatic rings. The highest BCUT2D eigenvalue weighted by atomic mass is 35.5. The van der Waals surface area contributed by atoms with Crippen LogP contribution in [0.1, 0.15) is 29.0 Å². The number of aromatic nitrogens is 4. The third kappa shape index (κ3) is 4.00. The maximum Gasteiger partial charge on any atom is 0.339 e. The minimum atomic E-state index is -0.402. The van der Waals surface area contributed by atoms with Crippen molar-refractivity contribution in [1.29, 1.82) is 0 Å². The number of unbranched alkanes of at least 4 members (excludes halogenated alkanes) is 1. The van der Waals surface area contributed by atoms with E-state index in [0.717, 1.165) is 29.7 Å². The van der Waals surface area contributed by atoms with Crippen molar-refractivity contribution in [2.45, 2.75) is 19.8 Å². The fraction of sp³-hybridized carbons (Fsp3) is 0.238. The van der Waals surface area contributed by atoms with Gasteiger partial charge in [0.05, 0.1) is 28.2 Å². The molecule has 0 unspecified atom stereocenters. The molecule has 0 aliphatic heterocycles. The summed E-state index contributed by atoms with van der Waals surface area (Å²) in [6, 6.07) is 14.8. The summed E-state index contributed by atoms with van der Waals surface area (Å²) in [6.45, 7) is 2.93. The van der Waals surface area contributed by atoms with E-state index in [9.17, 15) is 4.79 Å². The van der Waals surface area contributed by atoms with Crippen LogP contribution in [0.2, 0.25) is 5.02 Å². The number of carbonyl (C=O) groups excluding carboxylic acids is 1. The van der Waals surface area contributed by atoms with Crippen LogP contribution >= 0.6 is 11.6 Å². The SMILES string of the molecule is Cc1nnc2c(NCCCCOC(=O)c3ccccc3Cl)nc3ccccc3n12. The zero-order valence-electron chi connectivity index (χ0n) is 15.9. The molecule has 2 aromatic heterocycles. The summed E-state index contributed by atoms with van der Waals surface area (Å²) in [5, 5.41) is 12.2. The number of nitrogens with zero attached hydrogens (tertiary/aromatic N) is 4. The molecule has 0 radical (unpaired) electrons. The minimum Gasteiger partial charge on any atom is -0.462 e. The lowest BCUT2D eigenvalue weighted by Crippen LogP contribution is -2.10. The topological polar surface area (TPSA) is 81.4 Å². The van der Waals surface area contributed by atoms with Gasteiger partial charge in [-0.25, -0.2) is 9.78 Å². The molecule has 4 rings (SSSR count). The largest absolute Gasteiger partial charge is 0.462 e. The highest BCUT2D eigenvalue weighted by Crippen LogP contribution is 2.21. The van der Waals surface area contributed by atoms with Crippen molar-refractivity contribution in [3.8, 4) is 0 Å². The number of nitrogens with one attached hydrogen (secondary N) is 1. The van der Waals surface area contributed by atoms with E-state index in [1.54, 1.807) is 24.3 Å². The minimum absolute atomic E-state index is 0.330. The Morgan fingerprint density at radius 2 is 1.90 bits per heavy atom. The second-order valence-corrected chi connectivity index (χ2v) is 7.01. The van der Waals surface area contributed by atoms with Crippen molar-refractivity contribution in [3.63, 3.8) is 0 Å². The first-order valence-corrected chi connectivity index (χ1v) is 9.79. The van der Waals surface area contributed by atoms with Crippen LogP contribution in [0.4, 0.5) is 5.82 Å². The van der Waals surface area contributed by atoms with Crippen LogP contribution < -0.4 is 5.32 Å².